The van der Waals surface area contributed by atoms with Crippen molar-refractivity contribution in [2.45, 2.75) is 66.2 Å². The van der Waals surface area contributed by atoms with E-state index in [1.54, 1.807) is 20.8 Å². The van der Waals surface area contributed by atoms with E-state index < -0.39 is 15.9 Å². The van der Waals surface area contributed by atoms with Crippen LogP contribution in [0, 0.1) is 40.5 Å². The zero-order valence-corrected chi connectivity index (χ0v) is 22.8. The Morgan fingerprint density at radius 1 is 1.18 bits per heavy atom. The second-order valence-corrected chi connectivity index (χ2v) is 12.2. The van der Waals surface area contributed by atoms with Gasteiger partial charge in [0.25, 0.3) is 21.8 Å². The van der Waals surface area contributed by atoms with Crippen molar-refractivity contribution < 1.29 is 17.7 Å². The van der Waals surface area contributed by atoms with E-state index in [2.05, 4.69) is 35.1 Å². The number of hydrogen-bond acceptors (Lipinski definition) is 6. The van der Waals surface area contributed by atoms with Crippen molar-refractivity contribution in [2.75, 3.05) is 10.0 Å². The number of thiophene rings is 1. The van der Waals surface area contributed by atoms with E-state index in [-0.39, 0.29) is 20.7 Å². The van der Waals surface area contributed by atoms with Gasteiger partial charge in [0.1, 0.15) is 20.5 Å². The predicted molar refractivity (Wildman–Crippen MR) is 138 cm³/mol. The Bertz CT molecular complexity index is 1340. The normalized spacial score (nSPS) is 11.8. The third-order valence-corrected chi connectivity index (χ3v) is 8.90. The molecule has 3 rings (SSSR count). The van der Waals surface area contributed by atoms with E-state index in [9.17, 15) is 13.2 Å². The first-order valence-corrected chi connectivity index (χ1v) is 13.7. The van der Waals surface area contributed by atoms with Crippen LogP contribution < -0.4 is 10.0 Å². The first-order chi connectivity index (χ1) is 15.8. The Labute approximate surface area is 209 Å². The Hall–Kier alpha value is -2.36. The molecule has 1 aromatic carbocycles. The lowest BCUT2D eigenvalue weighted by molar-refractivity contribution is 0.102. The highest BCUT2D eigenvalue weighted by atomic mass is 35.5. The van der Waals surface area contributed by atoms with Crippen molar-refractivity contribution in [2.24, 2.45) is 5.92 Å². The quantitative estimate of drug-likeness (QED) is 0.347. The molecule has 0 atom stereocenters. The maximum absolute atomic E-state index is 13.4. The summed E-state index contributed by atoms with van der Waals surface area (Å²) in [5, 5.41) is 6.75. The maximum atomic E-state index is 13.4. The molecular formula is C24H30ClN3O4S2. The number of nitrogens with zero attached hydrogens (tertiary/aromatic N) is 1. The number of rotatable bonds is 8. The molecule has 0 saturated heterocycles. The second-order valence-electron chi connectivity index (χ2n) is 8.96. The largest absolute Gasteiger partial charge is 0.336 e. The summed E-state index contributed by atoms with van der Waals surface area (Å²) in [6.07, 6.45) is 1.79. The van der Waals surface area contributed by atoms with Gasteiger partial charge in [-0.15, -0.1) is 11.3 Å². The standard InChI is InChI=1S/C24H30ClN3O4S2/c1-12(2)8-9-18-11-13(3)10-14(4)20(18)26-23(29)21-22(15(5)17(7)33-21)34(30,31)28-24-19(25)16(6)27-32-24/h10-12,28H,8-9H2,1-7H3,(H,26,29). The third-order valence-electron chi connectivity index (χ3n) is 5.61. The molecule has 0 spiro atoms. The molecule has 0 aliphatic rings. The van der Waals surface area contributed by atoms with E-state index >= 15 is 0 Å². The lowest BCUT2D eigenvalue weighted by Crippen LogP contribution is -2.20. The monoisotopic (exact) mass is 523 g/mol. The molecule has 0 fully saturated rings. The highest BCUT2D eigenvalue weighted by Gasteiger charge is 2.31. The fraction of sp³-hybridized carbons (Fsp3) is 0.417. The third kappa shape index (κ3) is 5.47. The smallest absolute Gasteiger partial charge is 0.267 e. The Balaban J connectivity index is 2.00. The SMILES string of the molecule is Cc1cc(C)c(NC(=O)c2sc(C)c(C)c2S(=O)(=O)Nc2onc(C)c2Cl)c(CCC(C)C)c1. The zero-order valence-electron chi connectivity index (χ0n) is 20.4. The minimum absolute atomic E-state index is 0.0734. The predicted octanol–water partition coefficient (Wildman–Crippen LogP) is 6.57. The molecule has 2 heterocycles. The van der Waals surface area contributed by atoms with Gasteiger partial charge in [-0.2, -0.15) is 0 Å². The molecule has 2 aromatic heterocycles. The van der Waals surface area contributed by atoms with Crippen molar-refractivity contribution in [3.8, 4) is 0 Å². The van der Waals surface area contributed by atoms with Crippen LogP contribution >= 0.6 is 22.9 Å². The van der Waals surface area contributed by atoms with Gasteiger partial charge in [-0.25, -0.2) is 13.1 Å². The topological polar surface area (TPSA) is 101 Å². The molecule has 0 saturated carbocycles. The Kier molecular flexibility index (Phi) is 7.79. The highest BCUT2D eigenvalue weighted by Crippen LogP contribution is 2.35. The van der Waals surface area contributed by atoms with Gasteiger partial charge < -0.3 is 9.84 Å². The molecule has 0 aliphatic carbocycles. The van der Waals surface area contributed by atoms with E-state index in [1.807, 2.05) is 19.9 Å². The molecule has 0 radical (unpaired) electrons. The molecule has 0 bridgehead atoms. The molecule has 2 N–H and O–H groups in total. The molecule has 3 aromatic rings. The van der Waals surface area contributed by atoms with Crippen LogP contribution in [0.1, 0.15) is 62.8 Å². The summed E-state index contributed by atoms with van der Waals surface area (Å²) in [6.45, 7) is 13.3. The Morgan fingerprint density at radius 3 is 2.44 bits per heavy atom. The molecule has 184 valence electrons. The van der Waals surface area contributed by atoms with Crippen molar-refractivity contribution in [3.63, 3.8) is 0 Å². The van der Waals surface area contributed by atoms with Gasteiger partial charge in [-0.1, -0.05) is 48.3 Å². The van der Waals surface area contributed by atoms with Gasteiger partial charge in [0, 0.05) is 10.6 Å². The number of carbonyl (C=O) groups excluding carboxylic acids is 1. The van der Waals surface area contributed by atoms with Gasteiger partial charge in [-0.3, -0.25) is 4.79 Å². The summed E-state index contributed by atoms with van der Waals surface area (Å²) >= 11 is 7.23. The van der Waals surface area contributed by atoms with Crippen LogP contribution in [0.5, 0.6) is 0 Å². The zero-order chi connectivity index (χ0) is 25.4. The molecule has 1 amide bonds. The van der Waals surface area contributed by atoms with Gasteiger partial charge >= 0.3 is 0 Å². The van der Waals surface area contributed by atoms with E-state index in [0.717, 1.165) is 51.4 Å². The average molecular weight is 524 g/mol. The molecular weight excluding hydrogens is 494 g/mol. The van der Waals surface area contributed by atoms with Crippen molar-refractivity contribution >= 4 is 50.4 Å². The summed E-state index contributed by atoms with van der Waals surface area (Å²) in [7, 11) is -4.17. The van der Waals surface area contributed by atoms with Crippen LogP contribution in [0.15, 0.2) is 21.6 Å². The lowest BCUT2D eigenvalue weighted by atomic mass is 9.97. The molecule has 0 aliphatic heterocycles. The number of hydrogen-bond donors (Lipinski definition) is 2. The number of nitrogens with one attached hydrogen (secondary N) is 2. The molecule has 0 unspecified atom stereocenters. The number of sulfonamides is 1. The number of aryl methyl sites for hydroxylation is 5. The van der Waals surface area contributed by atoms with Gasteiger partial charge in [-0.05, 0) is 70.1 Å². The van der Waals surface area contributed by atoms with Crippen LogP contribution in [0.2, 0.25) is 5.02 Å². The van der Waals surface area contributed by atoms with E-state index in [4.69, 9.17) is 16.1 Å². The van der Waals surface area contributed by atoms with Crippen molar-refractivity contribution in [3.05, 3.63) is 54.9 Å². The minimum atomic E-state index is -4.17. The number of anilines is 2. The minimum Gasteiger partial charge on any atom is -0.336 e. The maximum Gasteiger partial charge on any atom is 0.267 e. The number of aromatic nitrogens is 1. The summed E-state index contributed by atoms with van der Waals surface area (Å²) < 4.78 is 34.0. The first-order valence-electron chi connectivity index (χ1n) is 11.0. The fourth-order valence-corrected chi connectivity index (χ4v) is 6.74. The Morgan fingerprint density at radius 2 is 1.85 bits per heavy atom. The van der Waals surface area contributed by atoms with E-state index in [1.165, 1.54) is 0 Å². The van der Waals surface area contributed by atoms with Crippen molar-refractivity contribution in [1.82, 2.24) is 5.16 Å². The lowest BCUT2D eigenvalue weighted by Gasteiger charge is -2.16. The van der Waals surface area contributed by atoms with Crippen LogP contribution in [-0.4, -0.2) is 19.5 Å². The van der Waals surface area contributed by atoms with Gasteiger partial charge in [0.05, 0.1) is 0 Å². The van der Waals surface area contributed by atoms with Gasteiger partial charge in [0.2, 0.25) is 0 Å². The molecule has 10 heteroatoms. The van der Waals surface area contributed by atoms with Crippen LogP contribution in [0.25, 0.3) is 0 Å². The van der Waals surface area contributed by atoms with E-state index in [0.29, 0.717) is 17.2 Å². The van der Waals surface area contributed by atoms with Crippen LogP contribution in [0.3, 0.4) is 0 Å². The van der Waals surface area contributed by atoms with Crippen LogP contribution in [-0.2, 0) is 16.4 Å². The molecule has 7 nitrogen and oxygen atoms in total. The van der Waals surface area contributed by atoms with Crippen molar-refractivity contribution in [1.29, 1.82) is 0 Å². The van der Waals surface area contributed by atoms with Gasteiger partial charge in [0.15, 0.2) is 0 Å². The molecule has 34 heavy (non-hydrogen) atoms. The first kappa shape index (κ1) is 26.2. The summed E-state index contributed by atoms with van der Waals surface area (Å²) in [6, 6.07) is 4.08. The van der Waals surface area contributed by atoms with Crippen LogP contribution in [0.4, 0.5) is 11.6 Å². The highest BCUT2D eigenvalue weighted by molar-refractivity contribution is 7.93. The summed E-state index contributed by atoms with van der Waals surface area (Å²) in [5.41, 5.74) is 4.67. The average Bonchev–Trinajstić information content (AvgIpc) is 3.21. The second kappa shape index (κ2) is 10.1. The number of benzene rings is 1. The fourth-order valence-electron chi connectivity index (χ4n) is 3.72. The number of carbonyl (C=O) groups is 1. The summed E-state index contributed by atoms with van der Waals surface area (Å²) in [4.78, 5) is 14.2. The number of amides is 1. The number of halogens is 1. The summed E-state index contributed by atoms with van der Waals surface area (Å²) in [5.74, 6) is -0.139.